The van der Waals surface area contributed by atoms with Crippen molar-refractivity contribution in [2.45, 2.75) is 18.9 Å². The minimum atomic E-state index is -0.819. The molecule has 2 aromatic rings. The van der Waals surface area contributed by atoms with Crippen molar-refractivity contribution in [2.75, 3.05) is 0 Å². The lowest BCUT2D eigenvalue weighted by atomic mass is 9.80. The van der Waals surface area contributed by atoms with E-state index in [4.69, 9.17) is 28.3 Å². The number of benzene rings is 1. The Morgan fingerprint density at radius 2 is 2.04 bits per heavy atom. The van der Waals surface area contributed by atoms with Crippen molar-refractivity contribution in [1.82, 2.24) is 15.1 Å². The fourth-order valence-corrected chi connectivity index (χ4v) is 2.94. The number of nitrogens with one attached hydrogen (secondary N) is 1. The van der Waals surface area contributed by atoms with E-state index in [0.29, 0.717) is 34.1 Å². The maximum atomic E-state index is 12.1. The zero-order chi connectivity index (χ0) is 16.6. The highest BCUT2D eigenvalue weighted by atomic mass is 35.5. The van der Waals surface area contributed by atoms with Gasteiger partial charge in [0.2, 0.25) is 0 Å². The van der Waals surface area contributed by atoms with E-state index in [2.05, 4.69) is 10.4 Å². The van der Waals surface area contributed by atoms with Crippen molar-refractivity contribution < 1.29 is 14.7 Å². The van der Waals surface area contributed by atoms with Crippen LogP contribution in [-0.2, 0) is 4.79 Å². The number of aliphatic carboxylic acids is 1. The monoisotopic (exact) mass is 353 g/mol. The van der Waals surface area contributed by atoms with Crippen LogP contribution >= 0.6 is 23.2 Å². The molecule has 23 heavy (non-hydrogen) atoms. The first-order valence-electron chi connectivity index (χ1n) is 6.98. The average molecular weight is 354 g/mol. The first-order chi connectivity index (χ1) is 10.9. The van der Waals surface area contributed by atoms with Crippen molar-refractivity contribution in [2.24, 2.45) is 5.92 Å². The highest BCUT2D eigenvalue weighted by Crippen LogP contribution is 2.28. The predicted octanol–water partition coefficient (Wildman–Crippen LogP) is 2.77. The van der Waals surface area contributed by atoms with Crippen LogP contribution in [0.4, 0.5) is 0 Å². The van der Waals surface area contributed by atoms with Crippen molar-refractivity contribution >= 4 is 35.1 Å². The van der Waals surface area contributed by atoms with Gasteiger partial charge in [-0.25, -0.2) is 4.68 Å². The maximum Gasteiger partial charge on any atom is 0.306 e. The van der Waals surface area contributed by atoms with Gasteiger partial charge in [0.25, 0.3) is 5.91 Å². The van der Waals surface area contributed by atoms with Gasteiger partial charge in [-0.05, 0) is 31.0 Å². The van der Waals surface area contributed by atoms with E-state index in [1.807, 2.05) is 0 Å². The molecule has 2 N–H and O–H groups in total. The third kappa shape index (κ3) is 3.33. The molecule has 1 aromatic heterocycles. The number of hydrogen-bond acceptors (Lipinski definition) is 3. The lowest BCUT2D eigenvalue weighted by Crippen LogP contribution is -2.46. The lowest BCUT2D eigenvalue weighted by Gasteiger charge is -2.32. The summed E-state index contributed by atoms with van der Waals surface area (Å²) in [4.78, 5) is 22.9. The van der Waals surface area contributed by atoms with Crippen LogP contribution in [0.3, 0.4) is 0 Å². The van der Waals surface area contributed by atoms with Gasteiger partial charge in [0.15, 0.2) is 0 Å². The number of carboxylic acids is 1. The molecule has 0 unspecified atom stereocenters. The van der Waals surface area contributed by atoms with Crippen LogP contribution in [0.5, 0.6) is 0 Å². The Bertz CT molecular complexity index is 769. The summed E-state index contributed by atoms with van der Waals surface area (Å²) in [6.45, 7) is 0. The molecule has 0 radical (unpaired) electrons. The Morgan fingerprint density at radius 1 is 1.30 bits per heavy atom. The maximum absolute atomic E-state index is 12.1. The standard InChI is InChI=1S/C15H13Cl2N3O3/c16-10-1-2-13(12(17)5-10)20-7-9(6-18-20)14(21)19-11-3-8(4-11)15(22)23/h1-2,5-8,11H,3-4H2,(H,19,21)(H,22,23). The molecular formula is C15H13Cl2N3O3. The van der Waals surface area contributed by atoms with Crippen molar-refractivity contribution in [3.63, 3.8) is 0 Å². The van der Waals surface area contributed by atoms with Gasteiger partial charge >= 0.3 is 5.97 Å². The number of rotatable bonds is 4. The van der Waals surface area contributed by atoms with Gasteiger partial charge in [-0.2, -0.15) is 5.10 Å². The highest BCUT2D eigenvalue weighted by Gasteiger charge is 2.35. The summed E-state index contributed by atoms with van der Waals surface area (Å²) in [5, 5.41) is 16.7. The third-order valence-corrected chi connectivity index (χ3v) is 4.36. The van der Waals surface area contributed by atoms with Gasteiger partial charge in [-0.3, -0.25) is 9.59 Å². The SMILES string of the molecule is O=C(NC1CC(C(=O)O)C1)c1cnn(-c2ccc(Cl)cc2Cl)c1. The summed E-state index contributed by atoms with van der Waals surface area (Å²) in [5.74, 6) is -1.47. The minimum absolute atomic E-state index is 0.105. The summed E-state index contributed by atoms with van der Waals surface area (Å²) >= 11 is 12.0. The molecule has 0 spiro atoms. The Hall–Kier alpha value is -2.05. The number of halogens is 2. The number of nitrogens with zero attached hydrogens (tertiary/aromatic N) is 2. The second-order valence-corrected chi connectivity index (χ2v) is 6.29. The topological polar surface area (TPSA) is 84.2 Å². The highest BCUT2D eigenvalue weighted by molar-refractivity contribution is 6.35. The minimum Gasteiger partial charge on any atom is -0.481 e. The molecule has 0 aliphatic heterocycles. The van der Waals surface area contributed by atoms with Gasteiger partial charge < -0.3 is 10.4 Å². The van der Waals surface area contributed by atoms with Crippen LogP contribution < -0.4 is 5.32 Å². The molecular weight excluding hydrogens is 341 g/mol. The normalized spacial score (nSPS) is 19.9. The van der Waals surface area contributed by atoms with Crippen molar-refractivity contribution in [1.29, 1.82) is 0 Å². The molecule has 0 bridgehead atoms. The van der Waals surface area contributed by atoms with Gasteiger partial charge in [-0.15, -0.1) is 0 Å². The lowest BCUT2D eigenvalue weighted by molar-refractivity contribution is -0.145. The summed E-state index contributed by atoms with van der Waals surface area (Å²) in [6.07, 6.45) is 3.92. The predicted molar refractivity (Wildman–Crippen MR) is 85.2 cm³/mol. The van der Waals surface area contributed by atoms with E-state index >= 15 is 0 Å². The Labute approximate surface area is 142 Å². The third-order valence-electron chi connectivity index (χ3n) is 3.82. The van der Waals surface area contributed by atoms with Crippen molar-refractivity contribution in [3.8, 4) is 5.69 Å². The Kier molecular flexibility index (Phi) is 4.28. The summed E-state index contributed by atoms with van der Waals surface area (Å²) in [6, 6.07) is 4.89. The fraction of sp³-hybridized carbons (Fsp3) is 0.267. The molecule has 6 nitrogen and oxygen atoms in total. The molecule has 1 aliphatic rings. The van der Waals surface area contributed by atoms with E-state index in [9.17, 15) is 9.59 Å². The zero-order valence-corrected chi connectivity index (χ0v) is 13.4. The molecule has 1 heterocycles. The van der Waals surface area contributed by atoms with E-state index in [0.717, 1.165) is 0 Å². The van der Waals surface area contributed by atoms with E-state index in [1.54, 1.807) is 24.4 Å². The summed E-state index contributed by atoms with van der Waals surface area (Å²) in [7, 11) is 0. The molecule has 0 saturated heterocycles. The molecule has 120 valence electrons. The van der Waals surface area contributed by atoms with Gasteiger partial charge in [0.05, 0.1) is 28.4 Å². The van der Waals surface area contributed by atoms with Gasteiger partial charge in [0.1, 0.15) is 0 Å². The molecule has 8 heteroatoms. The van der Waals surface area contributed by atoms with Crippen molar-refractivity contribution in [3.05, 3.63) is 46.2 Å². The van der Waals surface area contributed by atoms with Crippen LogP contribution in [0.2, 0.25) is 10.0 Å². The molecule has 1 amide bonds. The largest absolute Gasteiger partial charge is 0.481 e. The summed E-state index contributed by atoms with van der Waals surface area (Å²) < 4.78 is 1.49. The van der Waals surface area contributed by atoms with Crippen LogP contribution in [0.25, 0.3) is 5.69 Å². The number of carbonyl (C=O) groups excluding carboxylic acids is 1. The quantitative estimate of drug-likeness (QED) is 0.884. The second kappa shape index (κ2) is 6.22. The van der Waals surface area contributed by atoms with Gasteiger partial charge in [0, 0.05) is 17.3 Å². The van der Waals surface area contributed by atoms with E-state index in [-0.39, 0.29) is 17.9 Å². The van der Waals surface area contributed by atoms with E-state index < -0.39 is 5.97 Å². The number of hydrogen-bond donors (Lipinski definition) is 2. The molecule has 0 atom stereocenters. The van der Waals surface area contributed by atoms with Crippen LogP contribution in [-0.4, -0.2) is 32.8 Å². The van der Waals surface area contributed by atoms with Crippen LogP contribution in [0.1, 0.15) is 23.2 Å². The Balaban J connectivity index is 1.67. The number of amides is 1. The molecule has 1 saturated carbocycles. The first kappa shape index (κ1) is 15.8. The smallest absolute Gasteiger partial charge is 0.306 e. The number of aromatic nitrogens is 2. The fourth-order valence-electron chi connectivity index (χ4n) is 2.44. The molecule has 1 fully saturated rings. The number of carboxylic acid groups (broad SMARTS) is 1. The second-order valence-electron chi connectivity index (χ2n) is 5.45. The van der Waals surface area contributed by atoms with Gasteiger partial charge in [-0.1, -0.05) is 23.2 Å². The molecule has 1 aliphatic carbocycles. The zero-order valence-electron chi connectivity index (χ0n) is 11.9. The van der Waals surface area contributed by atoms with Crippen LogP contribution in [0, 0.1) is 5.92 Å². The average Bonchev–Trinajstić information content (AvgIpc) is 2.91. The Morgan fingerprint density at radius 3 is 2.70 bits per heavy atom. The van der Waals surface area contributed by atoms with E-state index in [1.165, 1.54) is 10.9 Å². The first-order valence-corrected chi connectivity index (χ1v) is 7.73. The molecule has 3 rings (SSSR count). The number of carbonyl (C=O) groups is 2. The summed E-state index contributed by atoms with van der Waals surface area (Å²) in [5.41, 5.74) is 1.000. The van der Waals surface area contributed by atoms with Crippen LogP contribution in [0.15, 0.2) is 30.6 Å². The molecule has 1 aromatic carbocycles.